The van der Waals surface area contributed by atoms with Crippen LogP contribution in [0.25, 0.3) is 0 Å². The summed E-state index contributed by atoms with van der Waals surface area (Å²) in [6.45, 7) is 0.173. The SMILES string of the molecule is CN1C(=O)c2ccccc2[C@@]1(O)C(=O)NCc1ccccn1. The van der Waals surface area contributed by atoms with Gasteiger partial charge in [-0.2, -0.15) is 0 Å². The second kappa shape index (κ2) is 5.23. The number of hydrogen-bond acceptors (Lipinski definition) is 4. The molecule has 3 rings (SSSR count). The fraction of sp³-hybridized carbons (Fsp3) is 0.188. The lowest BCUT2D eigenvalue weighted by Gasteiger charge is -2.29. The Morgan fingerprint density at radius 3 is 2.73 bits per heavy atom. The molecule has 6 heteroatoms. The summed E-state index contributed by atoms with van der Waals surface area (Å²) in [7, 11) is 1.41. The molecule has 1 aromatic heterocycles. The third-order valence-corrected chi connectivity index (χ3v) is 3.80. The van der Waals surface area contributed by atoms with Gasteiger partial charge in [0.05, 0.1) is 12.2 Å². The minimum atomic E-state index is -2.00. The number of likely N-dealkylation sites (N-methyl/N-ethyl adjacent to an activating group) is 1. The lowest BCUT2D eigenvalue weighted by molar-refractivity contribution is -0.156. The monoisotopic (exact) mass is 297 g/mol. The average Bonchev–Trinajstić information content (AvgIpc) is 2.77. The van der Waals surface area contributed by atoms with Crippen LogP contribution in [-0.2, 0) is 17.1 Å². The highest BCUT2D eigenvalue weighted by Gasteiger charge is 2.52. The predicted octanol–water partition coefficient (Wildman–Crippen LogP) is 0.629. The molecule has 1 aliphatic heterocycles. The first kappa shape index (κ1) is 14.2. The van der Waals surface area contributed by atoms with Crippen molar-refractivity contribution in [3.8, 4) is 0 Å². The smallest absolute Gasteiger partial charge is 0.278 e. The zero-order valence-corrected chi connectivity index (χ0v) is 12.0. The molecule has 22 heavy (non-hydrogen) atoms. The lowest BCUT2D eigenvalue weighted by atomic mass is 10.0. The number of rotatable bonds is 3. The van der Waals surface area contributed by atoms with Gasteiger partial charge in [0.1, 0.15) is 0 Å². The summed E-state index contributed by atoms with van der Waals surface area (Å²) >= 11 is 0. The fourth-order valence-corrected chi connectivity index (χ4v) is 2.55. The number of hydrogen-bond donors (Lipinski definition) is 2. The highest BCUT2D eigenvalue weighted by Crippen LogP contribution is 2.36. The van der Waals surface area contributed by atoms with Gasteiger partial charge in [0, 0.05) is 24.4 Å². The molecule has 0 aliphatic carbocycles. The molecule has 2 N–H and O–H groups in total. The summed E-state index contributed by atoms with van der Waals surface area (Å²) in [5.41, 5.74) is -0.705. The van der Waals surface area contributed by atoms with Crippen molar-refractivity contribution < 1.29 is 14.7 Å². The Kier molecular flexibility index (Phi) is 3.38. The largest absolute Gasteiger partial charge is 0.359 e. The third-order valence-electron chi connectivity index (χ3n) is 3.80. The van der Waals surface area contributed by atoms with E-state index in [1.807, 2.05) is 6.07 Å². The first-order chi connectivity index (χ1) is 10.5. The van der Waals surface area contributed by atoms with Crippen LogP contribution in [0.4, 0.5) is 0 Å². The number of carbonyl (C=O) groups is 2. The Hall–Kier alpha value is -2.73. The molecule has 0 saturated heterocycles. The van der Waals surface area contributed by atoms with Crippen molar-refractivity contribution in [2.24, 2.45) is 0 Å². The first-order valence-electron chi connectivity index (χ1n) is 6.83. The van der Waals surface area contributed by atoms with Crippen LogP contribution in [0.1, 0.15) is 21.6 Å². The second-order valence-electron chi connectivity index (χ2n) is 5.09. The van der Waals surface area contributed by atoms with Crippen LogP contribution in [0.3, 0.4) is 0 Å². The van der Waals surface area contributed by atoms with Gasteiger partial charge in [0.15, 0.2) is 0 Å². The molecule has 1 aromatic carbocycles. The molecule has 2 heterocycles. The van der Waals surface area contributed by atoms with Crippen LogP contribution in [0, 0.1) is 0 Å². The van der Waals surface area contributed by atoms with Crippen LogP contribution < -0.4 is 5.32 Å². The number of pyridine rings is 1. The second-order valence-corrected chi connectivity index (χ2v) is 5.09. The fourth-order valence-electron chi connectivity index (χ4n) is 2.55. The van der Waals surface area contributed by atoms with E-state index < -0.39 is 11.6 Å². The van der Waals surface area contributed by atoms with E-state index in [0.717, 1.165) is 4.90 Å². The quantitative estimate of drug-likeness (QED) is 0.870. The molecule has 0 bridgehead atoms. The van der Waals surface area contributed by atoms with Crippen molar-refractivity contribution in [2.75, 3.05) is 7.05 Å². The van der Waals surface area contributed by atoms with E-state index in [2.05, 4.69) is 10.3 Å². The number of aromatic nitrogens is 1. The molecule has 0 fully saturated rings. The molecule has 6 nitrogen and oxygen atoms in total. The van der Waals surface area contributed by atoms with E-state index in [1.165, 1.54) is 7.05 Å². The summed E-state index contributed by atoms with van der Waals surface area (Å²) in [5.74, 6) is -1.04. The zero-order valence-electron chi connectivity index (χ0n) is 12.0. The maximum Gasteiger partial charge on any atom is 0.278 e. The number of fused-ring (bicyclic) bond motifs is 1. The van der Waals surface area contributed by atoms with Gasteiger partial charge in [0.25, 0.3) is 11.8 Å². The van der Waals surface area contributed by atoms with E-state index in [1.54, 1.807) is 42.6 Å². The maximum absolute atomic E-state index is 12.5. The summed E-state index contributed by atoms with van der Waals surface area (Å²) in [4.78, 5) is 29.8. The van der Waals surface area contributed by atoms with Crippen molar-refractivity contribution >= 4 is 11.8 Å². The van der Waals surface area contributed by atoms with Crippen LogP contribution in [0.2, 0.25) is 0 Å². The van der Waals surface area contributed by atoms with E-state index in [9.17, 15) is 14.7 Å². The number of carbonyl (C=O) groups excluding carboxylic acids is 2. The van der Waals surface area contributed by atoms with Crippen molar-refractivity contribution in [3.63, 3.8) is 0 Å². The lowest BCUT2D eigenvalue weighted by Crippen LogP contribution is -2.52. The van der Waals surface area contributed by atoms with Crippen LogP contribution >= 0.6 is 0 Å². The number of nitrogens with zero attached hydrogens (tertiary/aromatic N) is 2. The molecule has 112 valence electrons. The van der Waals surface area contributed by atoms with Crippen LogP contribution in [-0.4, -0.2) is 33.9 Å². The van der Waals surface area contributed by atoms with E-state index in [4.69, 9.17) is 0 Å². The molecule has 1 aliphatic rings. The van der Waals surface area contributed by atoms with Gasteiger partial charge in [-0.3, -0.25) is 14.6 Å². The van der Waals surface area contributed by atoms with Crippen LogP contribution in [0.15, 0.2) is 48.7 Å². The molecular formula is C16H15N3O3. The molecule has 0 radical (unpaired) electrons. The number of benzene rings is 1. The number of aliphatic hydroxyl groups is 1. The molecule has 0 spiro atoms. The average molecular weight is 297 g/mol. The van der Waals surface area contributed by atoms with Gasteiger partial charge in [-0.05, 0) is 18.2 Å². The van der Waals surface area contributed by atoms with Gasteiger partial charge in [-0.25, -0.2) is 0 Å². The molecular weight excluding hydrogens is 282 g/mol. The highest BCUT2D eigenvalue weighted by molar-refractivity contribution is 6.05. The third kappa shape index (κ3) is 2.05. The summed E-state index contributed by atoms with van der Waals surface area (Å²) in [6, 6.07) is 11.9. The zero-order chi connectivity index (χ0) is 15.7. The van der Waals surface area contributed by atoms with Crippen molar-refractivity contribution in [2.45, 2.75) is 12.3 Å². The van der Waals surface area contributed by atoms with Gasteiger partial charge in [-0.1, -0.05) is 24.3 Å². The van der Waals surface area contributed by atoms with E-state index in [0.29, 0.717) is 16.8 Å². The normalized spacial score (nSPS) is 19.9. The van der Waals surface area contributed by atoms with E-state index in [-0.39, 0.29) is 12.5 Å². The minimum Gasteiger partial charge on any atom is -0.359 e. The van der Waals surface area contributed by atoms with Gasteiger partial charge in [-0.15, -0.1) is 0 Å². The molecule has 2 aromatic rings. The molecule has 0 saturated carbocycles. The van der Waals surface area contributed by atoms with Crippen molar-refractivity contribution in [1.82, 2.24) is 15.2 Å². The van der Waals surface area contributed by atoms with Crippen LogP contribution in [0.5, 0.6) is 0 Å². The predicted molar refractivity (Wildman–Crippen MR) is 78.5 cm³/mol. The molecule has 0 unspecified atom stereocenters. The Morgan fingerprint density at radius 2 is 2.00 bits per heavy atom. The maximum atomic E-state index is 12.5. The van der Waals surface area contributed by atoms with E-state index >= 15 is 0 Å². The summed E-state index contributed by atoms with van der Waals surface area (Å²) < 4.78 is 0. The Labute approximate surface area is 127 Å². The standard InChI is InChI=1S/C16H15N3O3/c1-19-14(20)12-7-2-3-8-13(12)16(19,22)15(21)18-10-11-6-4-5-9-17-11/h2-9,22H,10H2,1H3,(H,18,21)/t16-/m1/s1. The highest BCUT2D eigenvalue weighted by atomic mass is 16.3. The molecule has 1 atom stereocenters. The minimum absolute atomic E-state index is 0.173. The van der Waals surface area contributed by atoms with Gasteiger partial charge in [0.2, 0.25) is 5.72 Å². The van der Waals surface area contributed by atoms with Gasteiger partial charge >= 0.3 is 0 Å². The Balaban J connectivity index is 1.86. The summed E-state index contributed by atoms with van der Waals surface area (Å²) in [5, 5.41) is 13.4. The first-order valence-corrected chi connectivity index (χ1v) is 6.83. The molecule has 2 amide bonds. The van der Waals surface area contributed by atoms with Crippen molar-refractivity contribution in [1.29, 1.82) is 0 Å². The Bertz CT molecular complexity index is 732. The number of nitrogens with one attached hydrogen (secondary N) is 1. The topological polar surface area (TPSA) is 82.5 Å². The van der Waals surface area contributed by atoms with Crippen molar-refractivity contribution in [3.05, 3.63) is 65.5 Å². The summed E-state index contributed by atoms with van der Waals surface area (Å²) in [6.07, 6.45) is 1.62. The van der Waals surface area contributed by atoms with Gasteiger partial charge < -0.3 is 15.3 Å². The number of amides is 2. The Morgan fingerprint density at radius 1 is 1.27 bits per heavy atom.